The summed E-state index contributed by atoms with van der Waals surface area (Å²) in [6, 6.07) is 10.4. The number of benzene rings is 1. The molecule has 0 radical (unpaired) electrons. The van der Waals surface area contributed by atoms with E-state index in [1.165, 1.54) is 4.88 Å². The highest BCUT2D eigenvalue weighted by molar-refractivity contribution is 9.10. The zero-order chi connectivity index (χ0) is 14.7. The summed E-state index contributed by atoms with van der Waals surface area (Å²) >= 11 is 5.19. The van der Waals surface area contributed by atoms with Crippen LogP contribution in [-0.4, -0.2) is 11.8 Å². The molecule has 0 aliphatic carbocycles. The van der Waals surface area contributed by atoms with Crippen LogP contribution < -0.4 is 4.90 Å². The summed E-state index contributed by atoms with van der Waals surface area (Å²) in [5.41, 5.74) is 1.77. The van der Waals surface area contributed by atoms with Gasteiger partial charge in [0.25, 0.3) is 0 Å². The number of ketones is 1. The Morgan fingerprint density at radius 1 is 1.35 bits per heavy atom. The summed E-state index contributed by atoms with van der Waals surface area (Å²) in [5.74, 6) is 0.0955. The van der Waals surface area contributed by atoms with Crippen molar-refractivity contribution in [3.63, 3.8) is 0 Å². The Bertz CT molecular complexity index is 593. The molecule has 0 bridgehead atoms. The van der Waals surface area contributed by atoms with Gasteiger partial charge in [-0.1, -0.05) is 22.0 Å². The normalized spacial score (nSPS) is 10.8. The number of thiophene rings is 1. The first-order chi connectivity index (χ1) is 9.49. The molecule has 0 aliphatic heterocycles. The second kappa shape index (κ2) is 6.55. The molecule has 0 N–H and O–H groups in total. The van der Waals surface area contributed by atoms with Crippen molar-refractivity contribution in [2.75, 3.05) is 4.90 Å². The molecular weight excluding hydrogens is 334 g/mol. The minimum atomic E-state index is 0.0955. The third-order valence-corrected chi connectivity index (χ3v) is 4.53. The Morgan fingerprint density at radius 3 is 2.65 bits per heavy atom. The van der Waals surface area contributed by atoms with Crippen LogP contribution in [0.3, 0.4) is 0 Å². The minimum Gasteiger partial charge on any atom is -0.363 e. The molecule has 106 valence electrons. The zero-order valence-corrected chi connectivity index (χ0v) is 14.3. The molecule has 0 atom stereocenters. The highest BCUT2D eigenvalue weighted by atomic mass is 79.9. The minimum absolute atomic E-state index is 0.0955. The van der Waals surface area contributed by atoms with E-state index in [0.29, 0.717) is 6.04 Å². The summed E-state index contributed by atoms with van der Waals surface area (Å²) in [5, 5.41) is 2.08. The van der Waals surface area contributed by atoms with Crippen LogP contribution in [0.25, 0.3) is 0 Å². The van der Waals surface area contributed by atoms with Gasteiger partial charge in [0, 0.05) is 26.6 Å². The quantitative estimate of drug-likeness (QED) is 0.696. The highest BCUT2D eigenvalue weighted by Gasteiger charge is 2.17. The van der Waals surface area contributed by atoms with Gasteiger partial charge in [0.05, 0.1) is 6.54 Å². The van der Waals surface area contributed by atoms with Gasteiger partial charge in [0.15, 0.2) is 5.78 Å². The molecule has 20 heavy (non-hydrogen) atoms. The fourth-order valence-electron chi connectivity index (χ4n) is 2.16. The lowest BCUT2D eigenvalue weighted by molar-refractivity contribution is 0.101. The molecule has 1 heterocycles. The third-order valence-electron chi connectivity index (χ3n) is 3.18. The molecule has 1 aromatic heterocycles. The van der Waals surface area contributed by atoms with Crippen molar-refractivity contribution in [2.24, 2.45) is 0 Å². The van der Waals surface area contributed by atoms with Gasteiger partial charge in [-0.2, -0.15) is 0 Å². The van der Waals surface area contributed by atoms with Crippen LogP contribution in [0, 0.1) is 0 Å². The molecule has 2 aromatic rings. The smallest absolute Gasteiger partial charge is 0.161 e. The second-order valence-corrected chi connectivity index (χ2v) is 6.97. The molecule has 0 aliphatic rings. The van der Waals surface area contributed by atoms with Crippen LogP contribution in [0.5, 0.6) is 0 Å². The molecule has 0 unspecified atom stereocenters. The van der Waals surface area contributed by atoms with Gasteiger partial charge in [-0.15, -0.1) is 11.3 Å². The summed E-state index contributed by atoms with van der Waals surface area (Å²) in [7, 11) is 0. The fraction of sp³-hybridized carbons (Fsp3) is 0.312. The lowest BCUT2D eigenvalue weighted by Crippen LogP contribution is -2.31. The maximum absolute atomic E-state index is 11.9. The van der Waals surface area contributed by atoms with Gasteiger partial charge in [-0.05, 0) is 50.4 Å². The first-order valence-corrected chi connectivity index (χ1v) is 8.26. The highest BCUT2D eigenvalue weighted by Crippen LogP contribution is 2.29. The van der Waals surface area contributed by atoms with E-state index in [1.54, 1.807) is 18.3 Å². The molecule has 2 nitrogen and oxygen atoms in total. The number of Topliss-reactive ketones (excluding diaryl/α,β-unsaturated/α-hetero) is 1. The predicted molar refractivity (Wildman–Crippen MR) is 89.8 cm³/mol. The first kappa shape index (κ1) is 15.3. The van der Waals surface area contributed by atoms with E-state index in [4.69, 9.17) is 0 Å². The standard InChI is InChI=1S/C16H18BrNOS/c1-11(2)18(10-14-5-4-8-20-14)16-7-6-13(17)9-15(16)12(3)19/h4-9,11H,10H2,1-3H3. The van der Waals surface area contributed by atoms with Crippen molar-refractivity contribution in [3.8, 4) is 0 Å². The van der Waals surface area contributed by atoms with Crippen molar-refractivity contribution < 1.29 is 4.79 Å². The van der Waals surface area contributed by atoms with Crippen LogP contribution in [0.15, 0.2) is 40.2 Å². The van der Waals surface area contributed by atoms with E-state index in [0.717, 1.165) is 22.3 Å². The van der Waals surface area contributed by atoms with Gasteiger partial charge < -0.3 is 4.90 Å². The van der Waals surface area contributed by atoms with Crippen LogP contribution in [0.2, 0.25) is 0 Å². The second-order valence-electron chi connectivity index (χ2n) is 5.02. The largest absolute Gasteiger partial charge is 0.363 e. The molecule has 0 spiro atoms. The van der Waals surface area contributed by atoms with Crippen molar-refractivity contribution >= 4 is 38.7 Å². The SMILES string of the molecule is CC(=O)c1cc(Br)ccc1N(Cc1cccs1)C(C)C. The molecule has 0 saturated heterocycles. The Balaban J connectivity index is 2.41. The van der Waals surface area contributed by atoms with Gasteiger partial charge in [-0.25, -0.2) is 0 Å². The van der Waals surface area contributed by atoms with Crippen LogP contribution >= 0.6 is 27.3 Å². The van der Waals surface area contributed by atoms with Crippen molar-refractivity contribution in [1.29, 1.82) is 0 Å². The Labute approximate surface area is 132 Å². The summed E-state index contributed by atoms with van der Waals surface area (Å²) in [6.45, 7) is 6.76. The summed E-state index contributed by atoms with van der Waals surface area (Å²) < 4.78 is 0.936. The molecule has 2 rings (SSSR count). The number of nitrogens with zero attached hydrogens (tertiary/aromatic N) is 1. The first-order valence-electron chi connectivity index (χ1n) is 6.58. The topological polar surface area (TPSA) is 20.3 Å². The average molecular weight is 352 g/mol. The molecule has 0 saturated carbocycles. The number of anilines is 1. The maximum Gasteiger partial charge on any atom is 0.161 e. The number of hydrogen-bond donors (Lipinski definition) is 0. The van der Waals surface area contributed by atoms with Crippen molar-refractivity contribution in [3.05, 3.63) is 50.6 Å². The van der Waals surface area contributed by atoms with Gasteiger partial charge >= 0.3 is 0 Å². The number of hydrogen-bond acceptors (Lipinski definition) is 3. The van der Waals surface area contributed by atoms with E-state index in [9.17, 15) is 4.79 Å². The number of carbonyl (C=O) groups excluding carboxylic acids is 1. The van der Waals surface area contributed by atoms with Crippen molar-refractivity contribution in [1.82, 2.24) is 0 Å². The predicted octanol–water partition coefficient (Wildman–Crippen LogP) is 5.13. The molecule has 4 heteroatoms. The number of carbonyl (C=O) groups is 1. The monoisotopic (exact) mass is 351 g/mol. The van der Waals surface area contributed by atoms with Crippen molar-refractivity contribution in [2.45, 2.75) is 33.4 Å². The van der Waals surface area contributed by atoms with Gasteiger partial charge in [0.2, 0.25) is 0 Å². The summed E-state index contributed by atoms with van der Waals surface area (Å²) in [6.07, 6.45) is 0. The summed E-state index contributed by atoms with van der Waals surface area (Å²) in [4.78, 5) is 15.5. The molecule has 0 amide bonds. The van der Waals surface area contributed by atoms with E-state index >= 15 is 0 Å². The fourth-order valence-corrected chi connectivity index (χ4v) is 3.22. The number of rotatable bonds is 5. The molecule has 0 fully saturated rings. The van der Waals surface area contributed by atoms with Crippen LogP contribution in [-0.2, 0) is 6.54 Å². The lowest BCUT2D eigenvalue weighted by Gasteiger charge is -2.30. The Kier molecular flexibility index (Phi) is 5.00. The van der Waals surface area contributed by atoms with Crippen LogP contribution in [0.1, 0.15) is 36.0 Å². The van der Waals surface area contributed by atoms with Crippen LogP contribution in [0.4, 0.5) is 5.69 Å². The van der Waals surface area contributed by atoms with E-state index in [1.807, 2.05) is 18.2 Å². The molecular formula is C16H18BrNOS. The zero-order valence-electron chi connectivity index (χ0n) is 11.9. The third kappa shape index (κ3) is 3.49. The van der Waals surface area contributed by atoms with E-state index in [-0.39, 0.29) is 5.78 Å². The van der Waals surface area contributed by atoms with Gasteiger partial charge in [-0.3, -0.25) is 4.79 Å². The maximum atomic E-state index is 11.9. The average Bonchev–Trinajstić information content (AvgIpc) is 2.89. The molecule has 1 aromatic carbocycles. The van der Waals surface area contributed by atoms with E-state index in [2.05, 4.69) is 52.2 Å². The van der Waals surface area contributed by atoms with Gasteiger partial charge in [0.1, 0.15) is 0 Å². The number of halogens is 1. The Hall–Kier alpha value is -1.13. The lowest BCUT2D eigenvalue weighted by atomic mass is 10.1. The van der Waals surface area contributed by atoms with E-state index < -0.39 is 0 Å². The Morgan fingerprint density at radius 2 is 2.10 bits per heavy atom.